The first-order chi connectivity index (χ1) is 4.22. The van der Waals surface area contributed by atoms with E-state index in [1.807, 2.05) is 13.8 Å². The van der Waals surface area contributed by atoms with Crippen molar-refractivity contribution in [3.8, 4) is 0 Å². The maximum Gasteiger partial charge on any atom is 0.164 e. The summed E-state index contributed by atoms with van der Waals surface area (Å²) in [5.74, 6) is 0.616. The lowest BCUT2D eigenvalue weighted by molar-refractivity contribution is -0.124. The molecule has 0 radical (unpaired) electrons. The van der Waals surface area contributed by atoms with Crippen molar-refractivity contribution < 1.29 is 9.53 Å². The van der Waals surface area contributed by atoms with Gasteiger partial charge in [0.1, 0.15) is 6.10 Å². The highest BCUT2D eigenvalue weighted by Gasteiger charge is 2.27. The van der Waals surface area contributed by atoms with Crippen LogP contribution in [0.3, 0.4) is 0 Å². The summed E-state index contributed by atoms with van der Waals surface area (Å²) in [6.45, 7) is 4.64. The number of ether oxygens (including phenoxy) is 1. The predicted octanol–water partition coefficient (Wildman–Crippen LogP) is 1.00. The lowest BCUT2D eigenvalue weighted by Gasteiger charge is -2.10. The molecule has 0 N–H and O–H groups in total. The van der Waals surface area contributed by atoms with Crippen molar-refractivity contribution in [3.05, 3.63) is 0 Å². The summed E-state index contributed by atoms with van der Waals surface area (Å²) in [6.07, 6.45) is 0.507. The number of hydrogen-bond acceptors (Lipinski definition) is 2. The SMILES string of the molecule is CC(C)C1OCCC1=O. The molecule has 0 aromatic carbocycles. The summed E-state index contributed by atoms with van der Waals surface area (Å²) < 4.78 is 5.18. The Kier molecular flexibility index (Phi) is 1.86. The Hall–Kier alpha value is -0.370. The lowest BCUT2D eigenvalue weighted by Crippen LogP contribution is -2.21. The summed E-state index contributed by atoms with van der Waals surface area (Å²) >= 11 is 0. The summed E-state index contributed by atoms with van der Waals surface area (Å²) in [5, 5.41) is 0. The number of rotatable bonds is 1. The fourth-order valence-corrected chi connectivity index (χ4v) is 1.09. The van der Waals surface area contributed by atoms with Gasteiger partial charge in [0.25, 0.3) is 0 Å². The van der Waals surface area contributed by atoms with Gasteiger partial charge in [-0.25, -0.2) is 0 Å². The van der Waals surface area contributed by atoms with Crippen molar-refractivity contribution in [2.75, 3.05) is 6.61 Å². The quantitative estimate of drug-likeness (QED) is 0.526. The Bertz CT molecular complexity index is 118. The second-order valence-electron chi connectivity index (χ2n) is 2.75. The van der Waals surface area contributed by atoms with E-state index in [0.717, 1.165) is 0 Å². The molecular formula is C7H12O2. The lowest BCUT2D eigenvalue weighted by atomic mass is 10.0. The van der Waals surface area contributed by atoms with Crippen LogP contribution in [0, 0.1) is 5.92 Å². The average Bonchev–Trinajstić information content (AvgIpc) is 2.13. The standard InChI is InChI=1S/C7H12O2/c1-5(2)7-6(8)3-4-9-7/h5,7H,3-4H2,1-2H3. The van der Waals surface area contributed by atoms with Gasteiger partial charge >= 0.3 is 0 Å². The van der Waals surface area contributed by atoms with Crippen molar-refractivity contribution in [1.82, 2.24) is 0 Å². The first-order valence-corrected chi connectivity index (χ1v) is 3.36. The molecule has 1 saturated heterocycles. The van der Waals surface area contributed by atoms with Crippen LogP contribution >= 0.6 is 0 Å². The minimum atomic E-state index is -0.106. The highest BCUT2D eigenvalue weighted by molar-refractivity contribution is 5.84. The second-order valence-corrected chi connectivity index (χ2v) is 2.75. The van der Waals surface area contributed by atoms with E-state index in [1.165, 1.54) is 0 Å². The van der Waals surface area contributed by atoms with E-state index >= 15 is 0 Å². The van der Waals surface area contributed by atoms with E-state index in [9.17, 15) is 4.79 Å². The molecule has 0 saturated carbocycles. The third-order valence-corrected chi connectivity index (χ3v) is 1.57. The molecular weight excluding hydrogens is 116 g/mol. The van der Waals surface area contributed by atoms with Crippen LogP contribution in [-0.2, 0) is 9.53 Å². The van der Waals surface area contributed by atoms with Crippen LogP contribution in [0.25, 0.3) is 0 Å². The van der Waals surface area contributed by atoms with Crippen LogP contribution in [0.1, 0.15) is 20.3 Å². The minimum absolute atomic E-state index is 0.106. The molecule has 1 fully saturated rings. The van der Waals surface area contributed by atoms with E-state index in [4.69, 9.17) is 4.74 Å². The Labute approximate surface area is 55.2 Å². The number of ketones is 1. The molecule has 2 nitrogen and oxygen atoms in total. The van der Waals surface area contributed by atoms with Gasteiger partial charge in [0.15, 0.2) is 5.78 Å². The average molecular weight is 128 g/mol. The van der Waals surface area contributed by atoms with Gasteiger partial charge in [0, 0.05) is 6.42 Å². The van der Waals surface area contributed by atoms with E-state index in [1.54, 1.807) is 0 Å². The number of Topliss-reactive ketones (excluding diaryl/α,β-unsaturated/α-hetero) is 1. The Morgan fingerprint density at radius 2 is 2.33 bits per heavy atom. The van der Waals surface area contributed by atoms with Crippen molar-refractivity contribution in [1.29, 1.82) is 0 Å². The zero-order chi connectivity index (χ0) is 6.85. The first kappa shape index (κ1) is 6.75. The molecule has 1 unspecified atom stereocenters. The zero-order valence-corrected chi connectivity index (χ0v) is 5.89. The van der Waals surface area contributed by atoms with Crippen LogP contribution < -0.4 is 0 Å². The van der Waals surface area contributed by atoms with Gasteiger partial charge in [0.05, 0.1) is 6.61 Å². The van der Waals surface area contributed by atoms with Gasteiger partial charge in [-0.2, -0.15) is 0 Å². The normalized spacial score (nSPS) is 27.9. The van der Waals surface area contributed by atoms with Crippen molar-refractivity contribution in [2.24, 2.45) is 5.92 Å². The van der Waals surface area contributed by atoms with E-state index in [2.05, 4.69) is 0 Å². The molecule has 0 bridgehead atoms. The predicted molar refractivity (Wildman–Crippen MR) is 34.2 cm³/mol. The highest BCUT2D eigenvalue weighted by atomic mass is 16.5. The third kappa shape index (κ3) is 1.30. The van der Waals surface area contributed by atoms with Crippen LogP contribution in [0.4, 0.5) is 0 Å². The van der Waals surface area contributed by atoms with E-state index < -0.39 is 0 Å². The summed E-state index contributed by atoms with van der Waals surface area (Å²) in [4.78, 5) is 10.9. The maximum atomic E-state index is 10.9. The maximum absolute atomic E-state index is 10.9. The largest absolute Gasteiger partial charge is 0.370 e. The third-order valence-electron chi connectivity index (χ3n) is 1.57. The monoisotopic (exact) mass is 128 g/mol. The molecule has 0 aliphatic carbocycles. The van der Waals surface area contributed by atoms with Gasteiger partial charge in [-0.3, -0.25) is 4.79 Å². The molecule has 52 valence electrons. The molecule has 1 atom stereocenters. The van der Waals surface area contributed by atoms with Gasteiger partial charge in [-0.15, -0.1) is 0 Å². The van der Waals surface area contributed by atoms with Crippen LogP contribution in [0.15, 0.2) is 0 Å². The first-order valence-electron chi connectivity index (χ1n) is 3.36. The fraction of sp³-hybridized carbons (Fsp3) is 0.857. The van der Waals surface area contributed by atoms with Crippen molar-refractivity contribution in [3.63, 3.8) is 0 Å². The van der Waals surface area contributed by atoms with E-state index in [0.29, 0.717) is 18.9 Å². The molecule has 1 aliphatic rings. The molecule has 2 heteroatoms. The molecule has 1 rings (SSSR count). The minimum Gasteiger partial charge on any atom is -0.370 e. The van der Waals surface area contributed by atoms with Gasteiger partial charge in [-0.05, 0) is 5.92 Å². The van der Waals surface area contributed by atoms with Crippen LogP contribution in [0.5, 0.6) is 0 Å². The summed E-state index contributed by atoms with van der Waals surface area (Å²) in [6, 6.07) is 0. The van der Waals surface area contributed by atoms with Gasteiger partial charge in [0.2, 0.25) is 0 Å². The fourth-order valence-electron chi connectivity index (χ4n) is 1.09. The second kappa shape index (κ2) is 2.48. The molecule has 9 heavy (non-hydrogen) atoms. The number of carbonyl (C=O) groups excluding carboxylic acids is 1. The number of hydrogen-bond donors (Lipinski definition) is 0. The van der Waals surface area contributed by atoms with Gasteiger partial charge < -0.3 is 4.74 Å². The Morgan fingerprint density at radius 3 is 2.56 bits per heavy atom. The molecule has 1 aliphatic heterocycles. The summed E-state index contributed by atoms with van der Waals surface area (Å²) in [5.41, 5.74) is 0. The zero-order valence-electron chi connectivity index (χ0n) is 5.89. The smallest absolute Gasteiger partial charge is 0.164 e. The van der Waals surface area contributed by atoms with Crippen molar-refractivity contribution in [2.45, 2.75) is 26.4 Å². The molecule has 0 aromatic rings. The van der Waals surface area contributed by atoms with Crippen LogP contribution in [0.2, 0.25) is 0 Å². The molecule has 1 heterocycles. The molecule has 0 amide bonds. The van der Waals surface area contributed by atoms with E-state index in [-0.39, 0.29) is 11.9 Å². The summed E-state index contributed by atoms with van der Waals surface area (Å²) in [7, 11) is 0. The van der Waals surface area contributed by atoms with Crippen LogP contribution in [-0.4, -0.2) is 18.5 Å². The Balaban J connectivity index is 2.49. The van der Waals surface area contributed by atoms with Crippen molar-refractivity contribution >= 4 is 5.78 Å². The topological polar surface area (TPSA) is 26.3 Å². The molecule has 0 spiro atoms. The highest BCUT2D eigenvalue weighted by Crippen LogP contribution is 2.15. The molecule has 0 aromatic heterocycles. The number of carbonyl (C=O) groups is 1. The van der Waals surface area contributed by atoms with Gasteiger partial charge in [-0.1, -0.05) is 13.8 Å². The Morgan fingerprint density at radius 1 is 1.67 bits per heavy atom.